The number of halogens is 2. The van der Waals surface area contributed by atoms with Gasteiger partial charge in [0.15, 0.2) is 0 Å². The Hall–Kier alpha value is -1.23. The van der Waals surface area contributed by atoms with Crippen molar-refractivity contribution in [3.05, 3.63) is 42.1 Å². The Labute approximate surface area is 119 Å². The molecule has 1 aromatic carbocycles. The number of para-hydroxylation sites is 1. The fourth-order valence-corrected chi connectivity index (χ4v) is 1.63. The molecule has 0 aliphatic carbocycles. The molecular formula is C12H18Cl2N4. The largest absolute Gasteiger partial charge is 0.384 e. The molecule has 0 spiro atoms. The highest BCUT2D eigenvalue weighted by molar-refractivity contribution is 5.85. The predicted molar refractivity (Wildman–Crippen MR) is 79.8 cm³/mol. The standard InChI is InChI=1S/C12H16N4.2ClH/c13-8-4-5-10-9-12(14)16(15-10)11-6-2-1-3-7-11;;/h1-3,6-7,9H,4-5,8,13-14H2;2*1H. The maximum Gasteiger partial charge on any atom is 0.127 e. The van der Waals surface area contributed by atoms with E-state index in [4.69, 9.17) is 11.5 Å². The van der Waals surface area contributed by atoms with E-state index in [2.05, 4.69) is 5.10 Å². The molecule has 0 bridgehead atoms. The van der Waals surface area contributed by atoms with Crippen molar-refractivity contribution in [2.45, 2.75) is 12.8 Å². The summed E-state index contributed by atoms with van der Waals surface area (Å²) in [5.41, 5.74) is 13.4. The summed E-state index contributed by atoms with van der Waals surface area (Å²) >= 11 is 0. The SMILES string of the molecule is Cl.Cl.NCCCc1cc(N)n(-c2ccccc2)n1. The van der Waals surface area contributed by atoms with E-state index in [1.807, 2.05) is 36.4 Å². The van der Waals surface area contributed by atoms with Crippen LogP contribution < -0.4 is 11.5 Å². The summed E-state index contributed by atoms with van der Waals surface area (Å²) in [6, 6.07) is 11.8. The van der Waals surface area contributed by atoms with Crippen LogP contribution in [0.15, 0.2) is 36.4 Å². The minimum atomic E-state index is 0. The molecule has 0 radical (unpaired) electrons. The third-order valence-corrected chi connectivity index (χ3v) is 2.43. The van der Waals surface area contributed by atoms with Crippen LogP contribution in [0, 0.1) is 0 Å². The number of nitrogen functional groups attached to an aromatic ring is 1. The van der Waals surface area contributed by atoms with E-state index >= 15 is 0 Å². The molecule has 0 saturated carbocycles. The van der Waals surface area contributed by atoms with Crippen molar-refractivity contribution in [2.24, 2.45) is 5.73 Å². The molecule has 1 heterocycles. The molecule has 6 heteroatoms. The van der Waals surface area contributed by atoms with E-state index in [0.717, 1.165) is 24.2 Å². The van der Waals surface area contributed by atoms with E-state index < -0.39 is 0 Å². The van der Waals surface area contributed by atoms with E-state index in [0.29, 0.717) is 12.4 Å². The average Bonchev–Trinajstić information content (AvgIpc) is 2.69. The van der Waals surface area contributed by atoms with E-state index in [9.17, 15) is 0 Å². The number of nitrogens with zero attached hydrogens (tertiary/aromatic N) is 2. The summed E-state index contributed by atoms with van der Waals surface area (Å²) in [4.78, 5) is 0. The van der Waals surface area contributed by atoms with Crippen molar-refractivity contribution in [3.8, 4) is 5.69 Å². The summed E-state index contributed by atoms with van der Waals surface area (Å²) in [6.45, 7) is 0.679. The van der Waals surface area contributed by atoms with Crippen molar-refractivity contribution in [3.63, 3.8) is 0 Å². The Bertz CT molecular complexity index is 456. The normalized spacial score (nSPS) is 9.39. The van der Waals surface area contributed by atoms with Crippen LogP contribution >= 0.6 is 24.8 Å². The maximum atomic E-state index is 5.91. The first-order valence-electron chi connectivity index (χ1n) is 5.41. The third kappa shape index (κ3) is 3.91. The summed E-state index contributed by atoms with van der Waals surface area (Å²) in [7, 11) is 0. The summed E-state index contributed by atoms with van der Waals surface area (Å²) in [6.07, 6.45) is 1.81. The van der Waals surface area contributed by atoms with Gasteiger partial charge in [-0.25, -0.2) is 4.68 Å². The van der Waals surface area contributed by atoms with E-state index in [-0.39, 0.29) is 24.8 Å². The number of aromatic nitrogens is 2. The second-order valence-electron chi connectivity index (χ2n) is 3.70. The molecule has 100 valence electrons. The highest BCUT2D eigenvalue weighted by Gasteiger charge is 2.05. The predicted octanol–water partition coefficient (Wildman–Crippen LogP) is 2.19. The number of nitrogens with two attached hydrogens (primary N) is 2. The van der Waals surface area contributed by atoms with Crippen LogP contribution in [-0.2, 0) is 6.42 Å². The summed E-state index contributed by atoms with van der Waals surface area (Å²) in [5.74, 6) is 0.665. The number of hydrogen-bond donors (Lipinski definition) is 2. The number of aryl methyl sites for hydroxylation is 1. The Balaban J connectivity index is 0.00000144. The molecule has 0 aliphatic rings. The lowest BCUT2D eigenvalue weighted by molar-refractivity contribution is 0.777. The smallest absolute Gasteiger partial charge is 0.127 e. The zero-order chi connectivity index (χ0) is 11.4. The molecule has 18 heavy (non-hydrogen) atoms. The van der Waals surface area contributed by atoms with Gasteiger partial charge in [0.2, 0.25) is 0 Å². The Morgan fingerprint density at radius 1 is 1.11 bits per heavy atom. The van der Waals surface area contributed by atoms with Gasteiger partial charge < -0.3 is 11.5 Å². The van der Waals surface area contributed by atoms with Crippen LogP contribution in [0.3, 0.4) is 0 Å². The highest BCUT2D eigenvalue weighted by Crippen LogP contribution is 2.14. The van der Waals surface area contributed by atoms with E-state index in [1.165, 1.54) is 0 Å². The van der Waals surface area contributed by atoms with Gasteiger partial charge in [0.05, 0.1) is 11.4 Å². The Morgan fingerprint density at radius 3 is 2.39 bits per heavy atom. The van der Waals surface area contributed by atoms with Gasteiger partial charge in [0, 0.05) is 6.07 Å². The van der Waals surface area contributed by atoms with Crippen molar-refractivity contribution in [1.82, 2.24) is 9.78 Å². The topological polar surface area (TPSA) is 69.9 Å². The Morgan fingerprint density at radius 2 is 1.78 bits per heavy atom. The van der Waals surface area contributed by atoms with Crippen LogP contribution in [0.25, 0.3) is 5.69 Å². The molecule has 0 atom stereocenters. The van der Waals surface area contributed by atoms with Gasteiger partial charge >= 0.3 is 0 Å². The first-order chi connectivity index (χ1) is 7.81. The van der Waals surface area contributed by atoms with Crippen molar-refractivity contribution < 1.29 is 0 Å². The van der Waals surface area contributed by atoms with Crippen LogP contribution in [0.2, 0.25) is 0 Å². The third-order valence-electron chi connectivity index (χ3n) is 2.43. The monoisotopic (exact) mass is 288 g/mol. The summed E-state index contributed by atoms with van der Waals surface area (Å²) in [5, 5.41) is 4.45. The molecule has 0 amide bonds. The molecule has 0 unspecified atom stereocenters. The lowest BCUT2D eigenvalue weighted by Crippen LogP contribution is -2.03. The minimum absolute atomic E-state index is 0. The van der Waals surface area contributed by atoms with Crippen molar-refractivity contribution >= 4 is 30.6 Å². The van der Waals surface area contributed by atoms with Crippen LogP contribution in [0.4, 0.5) is 5.82 Å². The number of hydrogen-bond acceptors (Lipinski definition) is 3. The molecule has 4 nitrogen and oxygen atoms in total. The van der Waals surface area contributed by atoms with Gasteiger partial charge in [-0.05, 0) is 31.5 Å². The molecule has 0 aliphatic heterocycles. The Kier molecular flexibility index (Phi) is 7.43. The lowest BCUT2D eigenvalue weighted by atomic mass is 10.2. The van der Waals surface area contributed by atoms with Gasteiger partial charge in [-0.15, -0.1) is 24.8 Å². The molecule has 4 N–H and O–H groups in total. The van der Waals surface area contributed by atoms with Gasteiger partial charge in [-0.2, -0.15) is 5.10 Å². The molecule has 1 aromatic heterocycles. The molecule has 0 saturated heterocycles. The fraction of sp³-hybridized carbons (Fsp3) is 0.250. The number of rotatable bonds is 4. The van der Waals surface area contributed by atoms with Gasteiger partial charge in [-0.3, -0.25) is 0 Å². The van der Waals surface area contributed by atoms with Crippen LogP contribution in [-0.4, -0.2) is 16.3 Å². The lowest BCUT2D eigenvalue weighted by Gasteiger charge is -2.02. The molecule has 2 rings (SSSR count). The first-order valence-corrected chi connectivity index (χ1v) is 5.41. The van der Waals surface area contributed by atoms with Crippen molar-refractivity contribution in [1.29, 1.82) is 0 Å². The van der Waals surface area contributed by atoms with Crippen LogP contribution in [0.5, 0.6) is 0 Å². The van der Waals surface area contributed by atoms with Crippen molar-refractivity contribution in [2.75, 3.05) is 12.3 Å². The van der Waals surface area contributed by atoms with Crippen LogP contribution in [0.1, 0.15) is 12.1 Å². The molecule has 2 aromatic rings. The molecular weight excluding hydrogens is 271 g/mol. The second kappa shape index (κ2) is 7.97. The zero-order valence-electron chi connectivity index (χ0n) is 9.95. The fourth-order valence-electron chi connectivity index (χ4n) is 1.63. The maximum absolute atomic E-state index is 5.91. The second-order valence-corrected chi connectivity index (χ2v) is 3.70. The minimum Gasteiger partial charge on any atom is -0.384 e. The van der Waals surface area contributed by atoms with Gasteiger partial charge in [0.25, 0.3) is 0 Å². The summed E-state index contributed by atoms with van der Waals surface area (Å²) < 4.78 is 1.76. The van der Waals surface area contributed by atoms with E-state index in [1.54, 1.807) is 4.68 Å². The molecule has 0 fully saturated rings. The number of anilines is 1. The zero-order valence-corrected chi connectivity index (χ0v) is 11.6. The average molecular weight is 289 g/mol. The highest BCUT2D eigenvalue weighted by atomic mass is 35.5. The van der Waals surface area contributed by atoms with Gasteiger partial charge in [0.1, 0.15) is 5.82 Å². The van der Waals surface area contributed by atoms with Gasteiger partial charge in [-0.1, -0.05) is 18.2 Å². The number of benzene rings is 1. The quantitative estimate of drug-likeness (QED) is 0.906. The first kappa shape index (κ1) is 16.8.